The highest BCUT2D eigenvalue weighted by molar-refractivity contribution is 6.39. The van der Waals surface area contributed by atoms with E-state index in [1.165, 1.54) is 24.5 Å². The van der Waals surface area contributed by atoms with Gasteiger partial charge < -0.3 is 20.8 Å². The van der Waals surface area contributed by atoms with E-state index >= 15 is 0 Å². The topological polar surface area (TPSA) is 129 Å². The standard InChI is InChI=1S/C24H22ClN3O5/c25-18-3-1-2-17(13-18)16-6-4-15(5-7-16)12-20(14-21(29)24(32)33)28-23(31)22(30)27-19-8-10-26-11-9-19/h1-11,13,20-21,29H,12,14H2,(H,28,31)(H,32,33)(H,26,27,30). The number of aliphatic carboxylic acids is 1. The molecule has 2 amide bonds. The SMILES string of the molecule is O=C(Nc1ccncc1)C(=O)NC(Cc1ccc(-c2cccc(Cl)c2)cc1)CC(O)C(=O)O. The normalized spacial score (nSPS) is 12.4. The number of aliphatic hydroxyl groups is 1. The number of nitrogens with one attached hydrogen (secondary N) is 2. The number of pyridine rings is 1. The second-order valence-corrected chi connectivity index (χ2v) is 7.80. The van der Waals surface area contributed by atoms with Gasteiger partial charge in [-0.05, 0) is 47.4 Å². The Morgan fingerprint density at radius 1 is 0.939 bits per heavy atom. The molecular formula is C24H22ClN3O5. The smallest absolute Gasteiger partial charge is 0.332 e. The second kappa shape index (κ2) is 11.2. The Labute approximate surface area is 195 Å². The van der Waals surface area contributed by atoms with Crippen LogP contribution in [0.4, 0.5) is 5.69 Å². The van der Waals surface area contributed by atoms with E-state index in [1.54, 1.807) is 6.07 Å². The number of rotatable bonds is 8. The number of carboxylic acid groups (broad SMARTS) is 1. The molecular weight excluding hydrogens is 446 g/mol. The Balaban J connectivity index is 1.70. The number of aliphatic hydroxyl groups excluding tert-OH is 1. The lowest BCUT2D eigenvalue weighted by Crippen LogP contribution is -2.45. The lowest BCUT2D eigenvalue weighted by Gasteiger charge is -2.20. The van der Waals surface area contributed by atoms with E-state index in [9.17, 15) is 19.5 Å². The zero-order valence-corrected chi connectivity index (χ0v) is 18.2. The van der Waals surface area contributed by atoms with E-state index in [-0.39, 0.29) is 12.8 Å². The summed E-state index contributed by atoms with van der Waals surface area (Å²) in [7, 11) is 0. The third-order valence-corrected chi connectivity index (χ3v) is 5.10. The highest BCUT2D eigenvalue weighted by atomic mass is 35.5. The van der Waals surface area contributed by atoms with E-state index < -0.39 is 29.9 Å². The summed E-state index contributed by atoms with van der Waals surface area (Å²) in [6.45, 7) is 0. The average Bonchev–Trinajstić information content (AvgIpc) is 2.80. The molecule has 0 aliphatic rings. The first-order valence-electron chi connectivity index (χ1n) is 10.1. The van der Waals surface area contributed by atoms with Crippen molar-refractivity contribution in [2.24, 2.45) is 0 Å². The molecule has 0 bridgehead atoms. The minimum atomic E-state index is -1.69. The van der Waals surface area contributed by atoms with Crippen LogP contribution in [0.15, 0.2) is 73.1 Å². The fourth-order valence-corrected chi connectivity index (χ4v) is 3.41. The van der Waals surface area contributed by atoms with Crippen LogP contribution in [0.1, 0.15) is 12.0 Å². The van der Waals surface area contributed by atoms with E-state index in [1.807, 2.05) is 42.5 Å². The molecule has 3 aromatic rings. The van der Waals surface area contributed by atoms with Crippen LogP contribution in [-0.2, 0) is 20.8 Å². The maximum Gasteiger partial charge on any atom is 0.332 e. The Kier molecular flexibility index (Phi) is 8.12. The van der Waals surface area contributed by atoms with Crippen LogP contribution in [0, 0.1) is 0 Å². The van der Waals surface area contributed by atoms with Crippen LogP contribution in [0.25, 0.3) is 11.1 Å². The van der Waals surface area contributed by atoms with E-state index in [0.29, 0.717) is 10.7 Å². The van der Waals surface area contributed by atoms with Crippen LogP contribution < -0.4 is 10.6 Å². The molecule has 3 rings (SSSR count). The lowest BCUT2D eigenvalue weighted by molar-refractivity contribution is -0.147. The number of benzene rings is 2. The molecule has 0 radical (unpaired) electrons. The molecule has 0 spiro atoms. The number of halogens is 1. The van der Waals surface area contributed by atoms with Gasteiger partial charge in [0.1, 0.15) is 0 Å². The maximum absolute atomic E-state index is 12.4. The molecule has 170 valence electrons. The van der Waals surface area contributed by atoms with Gasteiger partial charge in [0, 0.05) is 35.6 Å². The van der Waals surface area contributed by atoms with Crippen molar-refractivity contribution >= 4 is 35.1 Å². The first-order valence-corrected chi connectivity index (χ1v) is 10.5. The van der Waals surface area contributed by atoms with Gasteiger partial charge in [-0.15, -0.1) is 0 Å². The largest absolute Gasteiger partial charge is 0.479 e. The van der Waals surface area contributed by atoms with Gasteiger partial charge in [0.2, 0.25) is 0 Å². The number of carboxylic acids is 1. The van der Waals surface area contributed by atoms with E-state index in [2.05, 4.69) is 15.6 Å². The molecule has 1 aromatic heterocycles. The molecule has 0 fully saturated rings. The Morgan fingerprint density at radius 2 is 1.64 bits per heavy atom. The molecule has 0 saturated heterocycles. The average molecular weight is 468 g/mol. The van der Waals surface area contributed by atoms with Crippen LogP contribution >= 0.6 is 11.6 Å². The number of anilines is 1. The van der Waals surface area contributed by atoms with Crippen LogP contribution in [0.5, 0.6) is 0 Å². The molecule has 4 N–H and O–H groups in total. The fourth-order valence-electron chi connectivity index (χ4n) is 3.22. The van der Waals surface area contributed by atoms with Crippen LogP contribution in [-0.4, -0.2) is 45.1 Å². The minimum Gasteiger partial charge on any atom is -0.479 e. The zero-order chi connectivity index (χ0) is 23.8. The van der Waals surface area contributed by atoms with Gasteiger partial charge in [-0.3, -0.25) is 14.6 Å². The quantitative estimate of drug-likeness (QED) is 0.377. The van der Waals surface area contributed by atoms with Crippen molar-refractivity contribution in [1.29, 1.82) is 0 Å². The van der Waals surface area contributed by atoms with Gasteiger partial charge >= 0.3 is 17.8 Å². The number of hydrogen-bond acceptors (Lipinski definition) is 5. The van der Waals surface area contributed by atoms with Gasteiger partial charge in [-0.25, -0.2) is 4.79 Å². The monoisotopic (exact) mass is 467 g/mol. The Hall–Kier alpha value is -3.75. The summed E-state index contributed by atoms with van der Waals surface area (Å²) in [5.74, 6) is -3.26. The molecule has 9 heteroatoms. The highest BCUT2D eigenvalue weighted by Gasteiger charge is 2.24. The Bertz CT molecular complexity index is 1120. The van der Waals surface area contributed by atoms with Gasteiger partial charge in [0.05, 0.1) is 0 Å². The number of carbonyl (C=O) groups is 3. The summed E-state index contributed by atoms with van der Waals surface area (Å²) < 4.78 is 0. The first-order chi connectivity index (χ1) is 15.8. The molecule has 2 unspecified atom stereocenters. The van der Waals surface area contributed by atoms with E-state index in [4.69, 9.17) is 16.7 Å². The second-order valence-electron chi connectivity index (χ2n) is 7.36. The summed E-state index contributed by atoms with van der Waals surface area (Å²) in [4.78, 5) is 39.6. The number of nitrogens with zero attached hydrogens (tertiary/aromatic N) is 1. The number of aromatic nitrogens is 1. The Morgan fingerprint density at radius 3 is 2.27 bits per heavy atom. The van der Waals surface area contributed by atoms with Crippen molar-refractivity contribution < 1.29 is 24.6 Å². The van der Waals surface area contributed by atoms with Crippen molar-refractivity contribution in [3.8, 4) is 11.1 Å². The summed E-state index contributed by atoms with van der Waals surface area (Å²) >= 11 is 6.05. The third kappa shape index (κ3) is 7.13. The number of carbonyl (C=O) groups excluding carboxylic acids is 2. The number of hydrogen-bond donors (Lipinski definition) is 4. The molecule has 0 aliphatic heterocycles. The molecule has 1 heterocycles. The van der Waals surface area contributed by atoms with Crippen LogP contribution in [0.2, 0.25) is 5.02 Å². The predicted molar refractivity (Wildman–Crippen MR) is 124 cm³/mol. The van der Waals surface area contributed by atoms with Crippen molar-refractivity contribution in [3.05, 3.63) is 83.6 Å². The molecule has 2 atom stereocenters. The van der Waals surface area contributed by atoms with Gasteiger partial charge in [-0.2, -0.15) is 0 Å². The lowest BCUT2D eigenvalue weighted by atomic mass is 9.98. The van der Waals surface area contributed by atoms with Crippen molar-refractivity contribution in [3.63, 3.8) is 0 Å². The molecule has 2 aromatic carbocycles. The molecule has 8 nitrogen and oxygen atoms in total. The third-order valence-electron chi connectivity index (χ3n) is 4.87. The molecule has 0 saturated carbocycles. The van der Waals surface area contributed by atoms with Gasteiger partial charge in [0.15, 0.2) is 6.10 Å². The molecule has 0 aliphatic carbocycles. The number of amides is 2. The predicted octanol–water partition coefficient (Wildman–Crippen LogP) is 2.90. The van der Waals surface area contributed by atoms with E-state index in [0.717, 1.165) is 16.7 Å². The zero-order valence-electron chi connectivity index (χ0n) is 17.4. The van der Waals surface area contributed by atoms with Gasteiger partial charge in [0.25, 0.3) is 0 Å². The van der Waals surface area contributed by atoms with Crippen molar-refractivity contribution in [2.45, 2.75) is 25.0 Å². The minimum absolute atomic E-state index is 0.217. The molecule has 33 heavy (non-hydrogen) atoms. The van der Waals surface area contributed by atoms with Crippen molar-refractivity contribution in [1.82, 2.24) is 10.3 Å². The summed E-state index contributed by atoms with van der Waals surface area (Å²) in [6, 6.07) is 17.1. The van der Waals surface area contributed by atoms with Crippen LogP contribution in [0.3, 0.4) is 0 Å². The maximum atomic E-state index is 12.4. The fraction of sp³-hybridized carbons (Fsp3) is 0.167. The van der Waals surface area contributed by atoms with Gasteiger partial charge in [-0.1, -0.05) is 48.0 Å². The first kappa shape index (κ1) is 23.9. The summed E-state index contributed by atoms with van der Waals surface area (Å²) in [5, 5.41) is 24.4. The summed E-state index contributed by atoms with van der Waals surface area (Å²) in [5.41, 5.74) is 3.05. The highest BCUT2D eigenvalue weighted by Crippen LogP contribution is 2.23. The van der Waals surface area contributed by atoms with Crippen molar-refractivity contribution in [2.75, 3.05) is 5.32 Å². The summed E-state index contributed by atoms with van der Waals surface area (Å²) in [6.07, 6.45) is 1.19.